The Morgan fingerprint density at radius 1 is 1.29 bits per heavy atom. The average Bonchev–Trinajstić information content (AvgIpc) is 3.54. The van der Waals surface area contributed by atoms with E-state index in [1.807, 2.05) is 37.6 Å². The van der Waals surface area contributed by atoms with Gasteiger partial charge in [0.15, 0.2) is 5.82 Å². The van der Waals surface area contributed by atoms with Gasteiger partial charge in [0.05, 0.1) is 27.1 Å². The van der Waals surface area contributed by atoms with E-state index in [4.69, 9.17) is 11.6 Å². The summed E-state index contributed by atoms with van der Waals surface area (Å²) in [6.45, 7) is 7.56. The fourth-order valence-corrected chi connectivity index (χ4v) is 6.00. The van der Waals surface area contributed by atoms with Crippen LogP contribution in [0.5, 0.6) is 0 Å². The van der Waals surface area contributed by atoms with Gasteiger partial charge in [0.1, 0.15) is 5.02 Å². The van der Waals surface area contributed by atoms with E-state index in [0.29, 0.717) is 12.1 Å². The number of hydrogen-bond acceptors (Lipinski definition) is 5. The van der Waals surface area contributed by atoms with E-state index in [-0.39, 0.29) is 39.4 Å². The minimum absolute atomic E-state index is 0.00742. The maximum atomic E-state index is 15.6. The number of carbonyl (C=O) groups is 1. The number of aromatic nitrogens is 2. The summed E-state index contributed by atoms with van der Waals surface area (Å²) in [6, 6.07) is 12.8. The molecule has 2 heterocycles. The molecule has 0 radical (unpaired) electrons. The number of rotatable bonds is 9. The Balaban J connectivity index is 1.44. The third-order valence-corrected chi connectivity index (χ3v) is 9.01. The van der Waals surface area contributed by atoms with E-state index in [2.05, 4.69) is 28.3 Å². The Hall–Kier alpha value is -3.88. The van der Waals surface area contributed by atoms with Crippen LogP contribution in [0.1, 0.15) is 61.9 Å². The molecule has 1 amide bonds. The summed E-state index contributed by atoms with van der Waals surface area (Å²) < 4.78 is 18.2. The molecule has 9 heteroatoms. The van der Waals surface area contributed by atoms with E-state index in [1.54, 1.807) is 54.9 Å². The molecular weight excluding hydrogens is 571 g/mol. The SMILES string of the molecule is C/C=C/N=C(/C=C/n1c(C)cc(C(C)Cc2cccc3ncsc23)c(Cl)c1=O)c1cccc(NC(=O)C2(C)CC2)c1F. The van der Waals surface area contributed by atoms with Crippen LogP contribution >= 0.6 is 22.9 Å². The quantitative estimate of drug-likeness (QED) is 0.196. The molecule has 1 aliphatic rings. The number of anilines is 1. The molecule has 1 unspecified atom stereocenters. The van der Waals surface area contributed by atoms with Gasteiger partial charge in [-0.25, -0.2) is 9.37 Å². The number of hydrogen-bond donors (Lipinski definition) is 1. The number of aliphatic imine (C=N–C) groups is 1. The summed E-state index contributed by atoms with van der Waals surface area (Å²) in [4.78, 5) is 34.8. The molecule has 42 heavy (non-hydrogen) atoms. The van der Waals surface area contributed by atoms with Crippen molar-refractivity contribution in [1.82, 2.24) is 9.55 Å². The fraction of sp³-hybridized carbons (Fsp3) is 0.273. The largest absolute Gasteiger partial charge is 0.323 e. The van der Waals surface area contributed by atoms with Crippen molar-refractivity contribution in [3.63, 3.8) is 0 Å². The number of benzene rings is 2. The highest BCUT2D eigenvalue weighted by Gasteiger charge is 2.45. The second-order valence-corrected chi connectivity index (χ2v) is 12.2. The standard InChI is InChI=1S/C33H32ClFN4O2S/c1-5-15-36-25(23-9-7-10-26(29(23)35)38-32(41)33(4)13-14-33)12-16-39-21(3)18-24(28(34)31(39)40)20(2)17-22-8-6-11-27-30(22)42-19-37-27/h5-12,15-16,18-20H,13-14,17H2,1-4H3,(H,38,41)/b15-5+,16-12+,36-25-. The van der Waals surface area contributed by atoms with Gasteiger partial charge in [-0.05, 0) is 80.5 Å². The van der Waals surface area contributed by atoms with Crippen molar-refractivity contribution in [3.05, 3.63) is 110 Å². The molecule has 0 spiro atoms. The first-order chi connectivity index (χ1) is 20.1. The van der Waals surface area contributed by atoms with E-state index in [0.717, 1.165) is 34.2 Å². The van der Waals surface area contributed by atoms with Gasteiger partial charge in [0, 0.05) is 29.1 Å². The van der Waals surface area contributed by atoms with E-state index in [1.165, 1.54) is 10.6 Å². The lowest BCUT2D eigenvalue weighted by Gasteiger charge is -2.17. The highest BCUT2D eigenvalue weighted by Crippen LogP contribution is 2.46. The maximum Gasteiger partial charge on any atom is 0.273 e. The lowest BCUT2D eigenvalue weighted by Crippen LogP contribution is -2.22. The third-order valence-electron chi connectivity index (χ3n) is 7.71. The third kappa shape index (κ3) is 6.01. The van der Waals surface area contributed by atoms with E-state index in [9.17, 15) is 9.59 Å². The minimum Gasteiger partial charge on any atom is -0.323 e. The van der Waals surface area contributed by atoms with Crippen LogP contribution in [0, 0.1) is 18.2 Å². The molecule has 1 saturated carbocycles. The normalized spacial score (nSPS) is 15.5. The molecule has 1 fully saturated rings. The Labute approximate surface area is 253 Å². The zero-order valence-electron chi connectivity index (χ0n) is 23.9. The number of carbonyl (C=O) groups excluding carboxylic acids is 1. The molecule has 0 bridgehead atoms. The zero-order valence-corrected chi connectivity index (χ0v) is 25.5. The molecule has 1 N–H and O–H groups in total. The summed E-state index contributed by atoms with van der Waals surface area (Å²) in [7, 11) is 0. The van der Waals surface area contributed by atoms with Crippen molar-refractivity contribution in [1.29, 1.82) is 0 Å². The first-order valence-corrected chi connectivity index (χ1v) is 15.1. The van der Waals surface area contributed by atoms with Crippen LogP contribution < -0.4 is 10.9 Å². The summed E-state index contributed by atoms with van der Waals surface area (Å²) in [5.74, 6) is -0.798. The number of nitrogens with zero attached hydrogens (tertiary/aromatic N) is 3. The number of halogens is 2. The smallest absolute Gasteiger partial charge is 0.273 e. The number of allylic oxidation sites excluding steroid dienone is 2. The first kappa shape index (κ1) is 29.6. The molecule has 0 saturated heterocycles. The van der Waals surface area contributed by atoms with Gasteiger partial charge in [-0.3, -0.25) is 19.1 Å². The highest BCUT2D eigenvalue weighted by atomic mass is 35.5. The van der Waals surface area contributed by atoms with Gasteiger partial charge >= 0.3 is 0 Å². The molecule has 5 rings (SSSR count). The number of pyridine rings is 1. The fourth-order valence-electron chi connectivity index (χ4n) is 4.85. The molecule has 2 aromatic heterocycles. The zero-order chi connectivity index (χ0) is 30.0. The minimum atomic E-state index is -0.592. The van der Waals surface area contributed by atoms with Crippen LogP contribution in [0.4, 0.5) is 10.1 Å². The number of thiazole rings is 1. The van der Waals surface area contributed by atoms with Gasteiger partial charge in [-0.15, -0.1) is 11.3 Å². The predicted molar refractivity (Wildman–Crippen MR) is 171 cm³/mol. The Bertz CT molecular complexity index is 1820. The van der Waals surface area contributed by atoms with Gasteiger partial charge in [-0.1, -0.05) is 49.7 Å². The first-order valence-electron chi connectivity index (χ1n) is 13.8. The second kappa shape index (κ2) is 12.2. The van der Waals surface area contributed by atoms with Crippen molar-refractivity contribution in [3.8, 4) is 0 Å². The number of amides is 1. The van der Waals surface area contributed by atoms with Gasteiger partial charge in [-0.2, -0.15) is 0 Å². The molecular formula is C33H32ClFN4O2S. The summed E-state index contributed by atoms with van der Waals surface area (Å²) in [5.41, 5.74) is 5.19. The lowest BCUT2D eigenvalue weighted by atomic mass is 9.93. The predicted octanol–water partition coefficient (Wildman–Crippen LogP) is 8.14. The highest BCUT2D eigenvalue weighted by molar-refractivity contribution is 7.16. The van der Waals surface area contributed by atoms with Gasteiger partial charge in [0.25, 0.3) is 5.56 Å². The van der Waals surface area contributed by atoms with E-state index < -0.39 is 11.2 Å². The maximum absolute atomic E-state index is 15.6. The monoisotopic (exact) mass is 602 g/mol. The van der Waals surface area contributed by atoms with Crippen LogP contribution in [-0.4, -0.2) is 21.2 Å². The number of nitrogens with one attached hydrogen (secondary N) is 1. The van der Waals surface area contributed by atoms with Crippen LogP contribution in [0.25, 0.3) is 16.4 Å². The Morgan fingerprint density at radius 3 is 2.79 bits per heavy atom. The summed E-state index contributed by atoms with van der Waals surface area (Å²) in [5, 5.41) is 2.86. The van der Waals surface area contributed by atoms with Gasteiger partial charge < -0.3 is 5.32 Å². The topological polar surface area (TPSA) is 76.3 Å². The Kier molecular flexibility index (Phi) is 8.57. The van der Waals surface area contributed by atoms with Crippen LogP contribution in [0.15, 0.2) is 76.1 Å². The van der Waals surface area contributed by atoms with E-state index >= 15 is 4.39 Å². The molecule has 216 valence electrons. The number of fused-ring (bicyclic) bond motifs is 1. The molecule has 0 aliphatic heterocycles. The van der Waals surface area contributed by atoms with Crippen LogP contribution in [-0.2, 0) is 11.2 Å². The van der Waals surface area contributed by atoms with Crippen LogP contribution in [0.2, 0.25) is 5.02 Å². The summed E-state index contributed by atoms with van der Waals surface area (Å²) in [6.07, 6.45) is 8.68. The van der Waals surface area contributed by atoms with Crippen molar-refractivity contribution in [2.24, 2.45) is 10.4 Å². The van der Waals surface area contributed by atoms with Crippen molar-refractivity contribution in [2.75, 3.05) is 5.32 Å². The van der Waals surface area contributed by atoms with Crippen molar-refractivity contribution >= 4 is 56.7 Å². The number of aryl methyl sites for hydroxylation is 1. The molecule has 2 aromatic carbocycles. The molecule has 1 atom stereocenters. The second-order valence-electron chi connectivity index (χ2n) is 10.9. The van der Waals surface area contributed by atoms with Crippen LogP contribution in [0.3, 0.4) is 0 Å². The van der Waals surface area contributed by atoms with Crippen molar-refractivity contribution in [2.45, 2.75) is 52.9 Å². The lowest BCUT2D eigenvalue weighted by molar-refractivity contribution is -0.120. The average molecular weight is 603 g/mol. The Morgan fingerprint density at radius 2 is 2.05 bits per heavy atom. The molecule has 4 aromatic rings. The molecule has 6 nitrogen and oxygen atoms in total. The summed E-state index contributed by atoms with van der Waals surface area (Å²) >= 11 is 8.27. The van der Waals surface area contributed by atoms with Crippen molar-refractivity contribution < 1.29 is 9.18 Å². The van der Waals surface area contributed by atoms with Gasteiger partial charge in [0.2, 0.25) is 5.91 Å². The molecule has 1 aliphatic carbocycles.